The number of carbonyl (C=O) groups excluding carboxylic acids is 1. The Morgan fingerprint density at radius 1 is 1.60 bits per heavy atom. The molecule has 0 spiro atoms. The molecule has 1 unspecified atom stereocenters. The van der Waals surface area contributed by atoms with E-state index >= 15 is 0 Å². The van der Waals surface area contributed by atoms with Crippen molar-refractivity contribution in [1.29, 1.82) is 0 Å². The molecule has 2 heterocycles. The molecular formula is C11H20N2O2. The summed E-state index contributed by atoms with van der Waals surface area (Å²) in [5, 5.41) is 3.26. The number of carbonyl (C=O) groups is 1. The molecule has 1 N–H and O–H groups in total. The highest BCUT2D eigenvalue weighted by Gasteiger charge is 2.41. The number of likely N-dealkylation sites (tertiary alicyclic amines) is 1. The molecule has 86 valence electrons. The van der Waals surface area contributed by atoms with Gasteiger partial charge in [-0.25, -0.2) is 0 Å². The largest absolute Gasteiger partial charge is 0.380 e. The fourth-order valence-corrected chi connectivity index (χ4v) is 2.49. The van der Waals surface area contributed by atoms with E-state index in [1.807, 2.05) is 4.90 Å². The lowest BCUT2D eigenvalue weighted by molar-refractivity contribution is -0.139. The van der Waals surface area contributed by atoms with Crippen LogP contribution < -0.4 is 5.32 Å². The third-order valence-electron chi connectivity index (χ3n) is 3.65. The SMILES string of the molecule is CO[C@@H]1CCN(C(=O)C2(C)CCNC2)C1. The highest BCUT2D eigenvalue weighted by atomic mass is 16.5. The highest BCUT2D eigenvalue weighted by Crippen LogP contribution is 2.29. The first kappa shape index (κ1) is 10.9. The smallest absolute Gasteiger partial charge is 0.229 e. The average Bonchev–Trinajstić information content (AvgIpc) is 2.85. The fourth-order valence-electron chi connectivity index (χ4n) is 2.49. The fraction of sp³-hybridized carbons (Fsp3) is 0.909. The summed E-state index contributed by atoms with van der Waals surface area (Å²) in [5.74, 6) is 0.298. The van der Waals surface area contributed by atoms with Gasteiger partial charge in [-0.15, -0.1) is 0 Å². The summed E-state index contributed by atoms with van der Waals surface area (Å²) < 4.78 is 5.28. The molecule has 2 atom stereocenters. The molecule has 0 aromatic rings. The summed E-state index contributed by atoms with van der Waals surface area (Å²) in [4.78, 5) is 14.2. The van der Waals surface area contributed by atoms with Crippen molar-refractivity contribution in [3.63, 3.8) is 0 Å². The number of nitrogens with zero attached hydrogens (tertiary/aromatic N) is 1. The molecular weight excluding hydrogens is 192 g/mol. The van der Waals surface area contributed by atoms with Gasteiger partial charge in [0.15, 0.2) is 0 Å². The Morgan fingerprint density at radius 3 is 2.93 bits per heavy atom. The lowest BCUT2D eigenvalue weighted by Crippen LogP contribution is -2.42. The van der Waals surface area contributed by atoms with Crippen molar-refractivity contribution in [1.82, 2.24) is 10.2 Å². The van der Waals surface area contributed by atoms with E-state index in [-0.39, 0.29) is 11.5 Å². The number of nitrogens with one attached hydrogen (secondary N) is 1. The Morgan fingerprint density at radius 2 is 2.40 bits per heavy atom. The lowest BCUT2D eigenvalue weighted by Gasteiger charge is -2.28. The minimum Gasteiger partial charge on any atom is -0.380 e. The van der Waals surface area contributed by atoms with E-state index in [0.29, 0.717) is 5.91 Å². The molecule has 2 aliphatic heterocycles. The van der Waals surface area contributed by atoms with Crippen molar-refractivity contribution in [2.24, 2.45) is 5.41 Å². The molecule has 0 aliphatic carbocycles. The molecule has 0 aromatic carbocycles. The number of ether oxygens (including phenoxy) is 1. The molecule has 4 heteroatoms. The third kappa shape index (κ3) is 2.01. The van der Waals surface area contributed by atoms with Gasteiger partial charge in [-0.05, 0) is 26.3 Å². The number of hydrogen-bond acceptors (Lipinski definition) is 3. The van der Waals surface area contributed by atoms with Crippen LogP contribution in [0.4, 0.5) is 0 Å². The van der Waals surface area contributed by atoms with Crippen LogP contribution in [0.1, 0.15) is 19.8 Å². The van der Waals surface area contributed by atoms with Crippen LogP contribution in [-0.4, -0.2) is 50.2 Å². The Hall–Kier alpha value is -0.610. The maximum Gasteiger partial charge on any atom is 0.229 e. The second kappa shape index (κ2) is 4.10. The van der Waals surface area contributed by atoms with Crippen LogP contribution in [0.5, 0.6) is 0 Å². The second-order valence-electron chi connectivity index (χ2n) is 4.88. The van der Waals surface area contributed by atoms with Crippen LogP contribution in [0.3, 0.4) is 0 Å². The number of hydrogen-bond donors (Lipinski definition) is 1. The van der Waals surface area contributed by atoms with Crippen molar-refractivity contribution >= 4 is 5.91 Å². The lowest BCUT2D eigenvalue weighted by atomic mass is 9.88. The van der Waals surface area contributed by atoms with Gasteiger partial charge in [-0.3, -0.25) is 4.79 Å². The van der Waals surface area contributed by atoms with Crippen LogP contribution in [0.2, 0.25) is 0 Å². The van der Waals surface area contributed by atoms with Crippen LogP contribution in [-0.2, 0) is 9.53 Å². The summed E-state index contributed by atoms with van der Waals surface area (Å²) in [5.41, 5.74) is -0.178. The van der Waals surface area contributed by atoms with E-state index in [1.54, 1.807) is 7.11 Å². The van der Waals surface area contributed by atoms with Gasteiger partial charge in [0.1, 0.15) is 0 Å². The van der Waals surface area contributed by atoms with Crippen molar-refractivity contribution < 1.29 is 9.53 Å². The van der Waals surface area contributed by atoms with Crippen molar-refractivity contribution in [3.8, 4) is 0 Å². The van der Waals surface area contributed by atoms with E-state index in [0.717, 1.165) is 39.0 Å². The molecule has 1 amide bonds. The number of rotatable bonds is 2. The Bertz CT molecular complexity index is 249. The zero-order valence-corrected chi connectivity index (χ0v) is 9.58. The van der Waals surface area contributed by atoms with Gasteiger partial charge in [-0.1, -0.05) is 0 Å². The zero-order valence-electron chi connectivity index (χ0n) is 9.58. The van der Waals surface area contributed by atoms with Crippen molar-refractivity contribution in [2.45, 2.75) is 25.9 Å². The van der Waals surface area contributed by atoms with Gasteiger partial charge in [0, 0.05) is 26.7 Å². The molecule has 2 aliphatic rings. The van der Waals surface area contributed by atoms with Crippen molar-refractivity contribution in [3.05, 3.63) is 0 Å². The van der Waals surface area contributed by atoms with E-state index in [1.165, 1.54) is 0 Å². The van der Waals surface area contributed by atoms with E-state index in [2.05, 4.69) is 12.2 Å². The van der Waals surface area contributed by atoms with Gasteiger partial charge in [0.2, 0.25) is 5.91 Å². The van der Waals surface area contributed by atoms with Gasteiger partial charge < -0.3 is 15.0 Å². The quantitative estimate of drug-likeness (QED) is 0.712. The van der Waals surface area contributed by atoms with Crippen LogP contribution in [0, 0.1) is 5.41 Å². The first-order chi connectivity index (χ1) is 7.15. The minimum atomic E-state index is -0.178. The molecule has 2 saturated heterocycles. The normalized spacial score (nSPS) is 36.1. The minimum absolute atomic E-state index is 0.178. The van der Waals surface area contributed by atoms with E-state index in [4.69, 9.17) is 4.74 Å². The Labute approximate surface area is 91.0 Å². The molecule has 0 radical (unpaired) electrons. The highest BCUT2D eigenvalue weighted by molar-refractivity contribution is 5.83. The van der Waals surface area contributed by atoms with Gasteiger partial charge in [0.05, 0.1) is 11.5 Å². The molecule has 0 aromatic heterocycles. The summed E-state index contributed by atoms with van der Waals surface area (Å²) >= 11 is 0. The maximum absolute atomic E-state index is 12.3. The predicted octanol–water partition coefficient (Wildman–Crippen LogP) is 0.233. The molecule has 2 rings (SSSR count). The van der Waals surface area contributed by atoms with Crippen molar-refractivity contribution in [2.75, 3.05) is 33.3 Å². The first-order valence-corrected chi connectivity index (χ1v) is 5.68. The first-order valence-electron chi connectivity index (χ1n) is 5.68. The van der Waals surface area contributed by atoms with Gasteiger partial charge in [0.25, 0.3) is 0 Å². The summed E-state index contributed by atoms with van der Waals surface area (Å²) in [6, 6.07) is 0. The van der Waals surface area contributed by atoms with Crippen LogP contribution in [0.25, 0.3) is 0 Å². The topological polar surface area (TPSA) is 41.6 Å². The van der Waals surface area contributed by atoms with E-state index in [9.17, 15) is 4.79 Å². The molecule has 0 bridgehead atoms. The van der Waals surface area contributed by atoms with Gasteiger partial charge in [-0.2, -0.15) is 0 Å². The molecule has 0 saturated carbocycles. The Balaban J connectivity index is 1.96. The molecule has 15 heavy (non-hydrogen) atoms. The zero-order chi connectivity index (χ0) is 10.9. The maximum atomic E-state index is 12.3. The number of methoxy groups -OCH3 is 1. The summed E-state index contributed by atoms with van der Waals surface area (Å²) in [7, 11) is 1.72. The summed E-state index contributed by atoms with van der Waals surface area (Å²) in [6.07, 6.45) is 2.18. The Kier molecular flexibility index (Phi) is 2.98. The predicted molar refractivity (Wildman–Crippen MR) is 57.6 cm³/mol. The average molecular weight is 212 g/mol. The van der Waals surface area contributed by atoms with Gasteiger partial charge >= 0.3 is 0 Å². The second-order valence-corrected chi connectivity index (χ2v) is 4.88. The third-order valence-corrected chi connectivity index (χ3v) is 3.65. The monoisotopic (exact) mass is 212 g/mol. The standard InChI is InChI=1S/C11H20N2O2/c1-11(4-5-12-8-11)10(14)13-6-3-9(7-13)15-2/h9,12H,3-8H2,1-2H3/t9-,11?/m1/s1. The molecule has 2 fully saturated rings. The number of amides is 1. The van der Waals surface area contributed by atoms with Crippen LogP contribution in [0.15, 0.2) is 0 Å². The van der Waals surface area contributed by atoms with Crippen LogP contribution >= 0.6 is 0 Å². The molecule has 4 nitrogen and oxygen atoms in total. The summed E-state index contributed by atoms with van der Waals surface area (Å²) in [6.45, 7) is 5.47. The van der Waals surface area contributed by atoms with E-state index < -0.39 is 0 Å².